The number of aromatic nitrogens is 3. The zero-order chi connectivity index (χ0) is 20.1. The van der Waals surface area contributed by atoms with E-state index in [2.05, 4.69) is 31.7 Å². The largest absolute Gasteiger partial charge is 0.350 e. The van der Waals surface area contributed by atoms with Crippen LogP contribution < -0.4 is 5.32 Å². The van der Waals surface area contributed by atoms with Gasteiger partial charge in [0.15, 0.2) is 0 Å². The first-order valence-electron chi connectivity index (χ1n) is 9.76. The molecule has 148 valence electrons. The summed E-state index contributed by atoms with van der Waals surface area (Å²) in [6, 6.07) is 8.06. The first-order chi connectivity index (χ1) is 13.6. The summed E-state index contributed by atoms with van der Waals surface area (Å²) in [6.07, 6.45) is 5.84. The normalized spacial score (nSPS) is 15.2. The van der Waals surface area contributed by atoms with E-state index in [4.69, 9.17) is 0 Å². The third-order valence-electron chi connectivity index (χ3n) is 4.95. The van der Waals surface area contributed by atoms with E-state index >= 15 is 0 Å². The Hall–Kier alpha value is -2.83. The number of rotatable bonds is 5. The lowest BCUT2D eigenvalue weighted by atomic mass is 9.82. The minimum absolute atomic E-state index is 0.263. The second-order valence-electron chi connectivity index (χ2n) is 6.80. The van der Waals surface area contributed by atoms with Gasteiger partial charge in [-0.25, -0.2) is 13.9 Å². The summed E-state index contributed by atoms with van der Waals surface area (Å²) in [5.41, 5.74) is 3.83. The van der Waals surface area contributed by atoms with Gasteiger partial charge in [0.2, 0.25) is 5.95 Å². The minimum Gasteiger partial charge on any atom is -0.350 e. The summed E-state index contributed by atoms with van der Waals surface area (Å²) in [7, 11) is 1.66. The third kappa shape index (κ3) is 4.03. The molecule has 4 rings (SSSR count). The third-order valence-corrected chi connectivity index (χ3v) is 4.95. The van der Waals surface area contributed by atoms with Crippen molar-refractivity contribution < 1.29 is 4.39 Å². The van der Waals surface area contributed by atoms with Crippen molar-refractivity contribution >= 4 is 17.2 Å². The summed E-state index contributed by atoms with van der Waals surface area (Å²) in [4.78, 5) is 4.35. The number of fused-ring (bicyclic) bond motifs is 1. The maximum absolute atomic E-state index is 14.1. The average Bonchev–Trinajstić information content (AvgIpc) is 3.11. The van der Waals surface area contributed by atoms with Gasteiger partial charge in [-0.15, -0.1) is 5.10 Å². The van der Waals surface area contributed by atoms with Crippen molar-refractivity contribution in [2.75, 3.05) is 18.9 Å². The Labute approximate surface area is 164 Å². The molecule has 1 fully saturated rings. The fourth-order valence-electron chi connectivity index (χ4n) is 3.24. The van der Waals surface area contributed by atoms with Gasteiger partial charge in [-0.05, 0) is 55.5 Å². The molecular formula is C21H27FN6. The molecule has 1 aromatic carbocycles. The second kappa shape index (κ2) is 8.46. The molecular weight excluding hydrogens is 355 g/mol. The molecule has 3 aromatic rings. The van der Waals surface area contributed by atoms with E-state index in [-0.39, 0.29) is 6.54 Å². The lowest BCUT2D eigenvalue weighted by molar-refractivity contribution is 0.0782. The molecule has 0 radical (unpaired) electrons. The highest BCUT2D eigenvalue weighted by molar-refractivity contribution is 5.81. The summed E-state index contributed by atoms with van der Waals surface area (Å²) >= 11 is 0. The van der Waals surface area contributed by atoms with E-state index in [0.29, 0.717) is 18.8 Å². The van der Waals surface area contributed by atoms with E-state index in [1.165, 1.54) is 0 Å². The standard InChI is InChI=1S/C19H21FN6.C2H6/c1-13-10-14(4-5-16(13)24-21-2)15-6-9-26-17(15)11-22-18(25-26)23-12-19(20)7-3-8-19;1-2/h4-6,9-11H,3,7-8,12H2,1-2H3,(H,23,25);1-2H3. The van der Waals surface area contributed by atoms with Crippen molar-refractivity contribution in [1.82, 2.24) is 14.6 Å². The number of nitrogens with zero attached hydrogens (tertiary/aromatic N) is 5. The summed E-state index contributed by atoms with van der Waals surface area (Å²) in [5, 5.41) is 15.4. The maximum Gasteiger partial charge on any atom is 0.241 e. The van der Waals surface area contributed by atoms with Crippen LogP contribution in [-0.2, 0) is 0 Å². The molecule has 2 heterocycles. The van der Waals surface area contributed by atoms with Crippen LogP contribution in [0.25, 0.3) is 16.6 Å². The van der Waals surface area contributed by atoms with Crippen molar-refractivity contribution in [3.8, 4) is 11.1 Å². The molecule has 0 bridgehead atoms. The average molecular weight is 382 g/mol. The Morgan fingerprint density at radius 3 is 2.68 bits per heavy atom. The van der Waals surface area contributed by atoms with Gasteiger partial charge in [0, 0.05) is 18.8 Å². The van der Waals surface area contributed by atoms with Gasteiger partial charge in [-0.2, -0.15) is 10.2 Å². The zero-order valence-corrected chi connectivity index (χ0v) is 16.9. The Bertz CT molecular complexity index is 974. The van der Waals surface area contributed by atoms with Crippen LogP contribution in [-0.4, -0.2) is 33.9 Å². The molecule has 28 heavy (non-hydrogen) atoms. The van der Waals surface area contributed by atoms with Crippen molar-refractivity contribution in [3.05, 3.63) is 42.2 Å². The molecule has 7 heteroatoms. The Balaban J connectivity index is 0.00000109. The van der Waals surface area contributed by atoms with Crippen LogP contribution in [0.1, 0.15) is 38.7 Å². The highest BCUT2D eigenvalue weighted by Gasteiger charge is 2.36. The van der Waals surface area contributed by atoms with E-state index in [0.717, 1.165) is 34.3 Å². The molecule has 0 saturated heterocycles. The van der Waals surface area contributed by atoms with Gasteiger partial charge in [0.1, 0.15) is 5.67 Å². The van der Waals surface area contributed by atoms with Gasteiger partial charge >= 0.3 is 0 Å². The van der Waals surface area contributed by atoms with Crippen LogP contribution in [0, 0.1) is 6.92 Å². The number of halogens is 1. The molecule has 0 atom stereocenters. The zero-order valence-electron chi connectivity index (χ0n) is 16.9. The van der Waals surface area contributed by atoms with E-state index in [1.54, 1.807) is 17.8 Å². The van der Waals surface area contributed by atoms with Crippen molar-refractivity contribution in [2.24, 2.45) is 10.2 Å². The molecule has 0 spiro atoms. The summed E-state index contributed by atoms with van der Waals surface area (Å²) in [6.45, 7) is 6.27. The summed E-state index contributed by atoms with van der Waals surface area (Å²) in [5.74, 6) is 0.443. The molecule has 1 saturated carbocycles. The Kier molecular flexibility index (Phi) is 6.02. The van der Waals surface area contributed by atoms with Crippen LogP contribution in [0.5, 0.6) is 0 Å². The number of nitrogens with one attached hydrogen (secondary N) is 1. The van der Waals surface area contributed by atoms with Crippen LogP contribution in [0.4, 0.5) is 16.0 Å². The molecule has 0 amide bonds. The maximum atomic E-state index is 14.1. The molecule has 6 nitrogen and oxygen atoms in total. The first-order valence-corrected chi connectivity index (χ1v) is 9.76. The van der Waals surface area contributed by atoms with Crippen LogP contribution in [0.15, 0.2) is 46.9 Å². The van der Waals surface area contributed by atoms with Gasteiger partial charge < -0.3 is 5.32 Å². The second-order valence-corrected chi connectivity index (χ2v) is 6.80. The first kappa shape index (κ1) is 19.9. The van der Waals surface area contributed by atoms with Crippen LogP contribution in [0.2, 0.25) is 0 Å². The monoisotopic (exact) mass is 382 g/mol. The molecule has 2 aromatic heterocycles. The predicted octanol–water partition coefficient (Wildman–Crippen LogP) is 5.75. The van der Waals surface area contributed by atoms with Gasteiger partial charge in [0.25, 0.3) is 0 Å². The fraction of sp³-hybridized carbons (Fsp3) is 0.429. The summed E-state index contributed by atoms with van der Waals surface area (Å²) < 4.78 is 15.9. The molecule has 1 aliphatic rings. The van der Waals surface area contributed by atoms with Gasteiger partial charge in [-0.1, -0.05) is 19.9 Å². The number of benzene rings is 1. The number of anilines is 1. The molecule has 1 aliphatic carbocycles. The van der Waals surface area contributed by atoms with E-state index in [9.17, 15) is 4.39 Å². The number of hydrogen-bond acceptors (Lipinski definition) is 5. The van der Waals surface area contributed by atoms with Gasteiger partial charge in [-0.3, -0.25) is 0 Å². The van der Waals surface area contributed by atoms with Crippen LogP contribution >= 0.6 is 0 Å². The lowest BCUT2D eigenvalue weighted by Gasteiger charge is -2.33. The number of azo groups is 1. The van der Waals surface area contributed by atoms with Crippen molar-refractivity contribution in [2.45, 2.75) is 45.7 Å². The van der Waals surface area contributed by atoms with Crippen molar-refractivity contribution in [1.29, 1.82) is 0 Å². The Morgan fingerprint density at radius 2 is 2.04 bits per heavy atom. The number of hydrogen-bond donors (Lipinski definition) is 1. The SMILES string of the molecule is CC.CN=Nc1ccc(-c2ccn3nc(NCC4(F)CCC4)ncc23)cc1C. The van der Waals surface area contributed by atoms with Crippen molar-refractivity contribution in [3.63, 3.8) is 0 Å². The minimum atomic E-state index is -1.10. The Morgan fingerprint density at radius 1 is 1.25 bits per heavy atom. The van der Waals surface area contributed by atoms with Gasteiger partial charge in [0.05, 0.1) is 23.9 Å². The fourth-order valence-corrected chi connectivity index (χ4v) is 3.24. The highest BCUT2D eigenvalue weighted by Crippen LogP contribution is 2.35. The van der Waals surface area contributed by atoms with E-state index < -0.39 is 5.67 Å². The topological polar surface area (TPSA) is 66.9 Å². The molecule has 1 N–H and O–H groups in total. The van der Waals surface area contributed by atoms with E-state index in [1.807, 2.05) is 45.2 Å². The highest BCUT2D eigenvalue weighted by atomic mass is 19.1. The smallest absolute Gasteiger partial charge is 0.241 e. The number of aryl methyl sites for hydroxylation is 1. The van der Waals surface area contributed by atoms with Crippen LogP contribution in [0.3, 0.4) is 0 Å². The quantitative estimate of drug-likeness (QED) is 0.571. The number of alkyl halides is 1. The molecule has 0 aliphatic heterocycles. The molecule has 0 unspecified atom stereocenters. The lowest BCUT2D eigenvalue weighted by Crippen LogP contribution is -2.39. The predicted molar refractivity (Wildman–Crippen MR) is 111 cm³/mol.